The lowest BCUT2D eigenvalue weighted by Crippen LogP contribution is -2.46. The molecule has 1 heterocycles. The number of ether oxygens (including phenoxy) is 3. The zero-order chi connectivity index (χ0) is 15.2. The van der Waals surface area contributed by atoms with Crippen LogP contribution in [0.5, 0.6) is 11.5 Å². The average molecular weight is 293 g/mol. The van der Waals surface area contributed by atoms with Gasteiger partial charge in [0.15, 0.2) is 11.5 Å². The molecule has 5 nitrogen and oxygen atoms in total. The van der Waals surface area contributed by atoms with E-state index < -0.39 is 0 Å². The van der Waals surface area contributed by atoms with Gasteiger partial charge in [0.05, 0.1) is 13.2 Å². The second kappa shape index (κ2) is 7.31. The molecule has 0 saturated carbocycles. The van der Waals surface area contributed by atoms with Crippen LogP contribution >= 0.6 is 0 Å². The number of carbonyl (C=O) groups excluding carboxylic acids is 1. The maximum atomic E-state index is 11.7. The Morgan fingerprint density at radius 1 is 1.38 bits per heavy atom. The van der Waals surface area contributed by atoms with E-state index in [1.807, 2.05) is 36.1 Å². The highest BCUT2D eigenvalue weighted by atomic mass is 16.6. The summed E-state index contributed by atoms with van der Waals surface area (Å²) in [7, 11) is 0. The largest absolute Gasteiger partial charge is 0.486 e. The minimum Gasteiger partial charge on any atom is -0.486 e. The zero-order valence-corrected chi connectivity index (χ0v) is 12.9. The van der Waals surface area contributed by atoms with Crippen LogP contribution in [0.15, 0.2) is 24.3 Å². The van der Waals surface area contributed by atoms with E-state index in [0.29, 0.717) is 19.8 Å². The lowest BCUT2D eigenvalue weighted by molar-refractivity contribution is -0.145. The summed E-state index contributed by atoms with van der Waals surface area (Å²) >= 11 is 0. The maximum absolute atomic E-state index is 11.7. The number of benzene rings is 1. The van der Waals surface area contributed by atoms with E-state index in [4.69, 9.17) is 14.2 Å². The molecule has 0 aromatic heterocycles. The normalized spacial score (nSPS) is 17.1. The number of esters is 1. The fraction of sp³-hybridized carbons (Fsp3) is 0.562. The van der Waals surface area contributed by atoms with Crippen molar-refractivity contribution >= 4 is 5.97 Å². The Kier molecular flexibility index (Phi) is 5.44. The quantitative estimate of drug-likeness (QED) is 0.752. The van der Waals surface area contributed by atoms with Gasteiger partial charge in [0.25, 0.3) is 0 Å². The van der Waals surface area contributed by atoms with Crippen molar-refractivity contribution in [2.45, 2.75) is 32.9 Å². The third-order valence-electron chi connectivity index (χ3n) is 3.37. The molecule has 0 bridgehead atoms. The van der Waals surface area contributed by atoms with E-state index in [-0.39, 0.29) is 24.7 Å². The van der Waals surface area contributed by atoms with Crippen LogP contribution in [0.25, 0.3) is 0 Å². The Hall–Kier alpha value is -1.75. The summed E-state index contributed by atoms with van der Waals surface area (Å²) in [5, 5.41) is 0. The molecule has 21 heavy (non-hydrogen) atoms. The van der Waals surface area contributed by atoms with Crippen molar-refractivity contribution in [3.8, 4) is 11.5 Å². The molecule has 1 aromatic carbocycles. The number of para-hydroxylation sites is 2. The van der Waals surface area contributed by atoms with Gasteiger partial charge in [0.2, 0.25) is 0 Å². The van der Waals surface area contributed by atoms with E-state index in [0.717, 1.165) is 11.5 Å². The van der Waals surface area contributed by atoms with Gasteiger partial charge in [0.1, 0.15) is 12.7 Å². The number of carbonyl (C=O) groups is 1. The molecule has 0 N–H and O–H groups in total. The lowest BCUT2D eigenvalue weighted by atomic mass is 10.2. The molecule has 1 atom stereocenters. The van der Waals surface area contributed by atoms with Gasteiger partial charge in [-0.3, -0.25) is 9.69 Å². The highest BCUT2D eigenvalue weighted by molar-refractivity contribution is 5.71. The molecule has 116 valence electrons. The minimum atomic E-state index is -0.205. The fourth-order valence-electron chi connectivity index (χ4n) is 2.25. The predicted molar refractivity (Wildman–Crippen MR) is 79.7 cm³/mol. The number of hydrogen-bond acceptors (Lipinski definition) is 5. The van der Waals surface area contributed by atoms with E-state index in [2.05, 4.69) is 13.8 Å². The van der Waals surface area contributed by atoms with E-state index in [9.17, 15) is 4.79 Å². The smallest absolute Gasteiger partial charge is 0.320 e. The standard InChI is InChI=1S/C16H23NO4/c1-4-19-16(18)10-17(12(2)3)9-13-11-20-14-7-5-6-8-15(14)21-13/h5-8,12-13H,4,9-11H2,1-3H3. The molecule has 0 amide bonds. The first-order chi connectivity index (χ1) is 10.1. The molecule has 0 fully saturated rings. The van der Waals surface area contributed by atoms with Crippen molar-refractivity contribution < 1.29 is 19.0 Å². The molecular weight excluding hydrogens is 270 g/mol. The van der Waals surface area contributed by atoms with Crippen LogP contribution in [0.4, 0.5) is 0 Å². The van der Waals surface area contributed by atoms with Crippen LogP contribution in [-0.4, -0.2) is 49.3 Å². The summed E-state index contributed by atoms with van der Waals surface area (Å²) in [6.45, 7) is 7.71. The minimum absolute atomic E-state index is 0.0864. The molecule has 1 aliphatic rings. The number of fused-ring (bicyclic) bond motifs is 1. The summed E-state index contributed by atoms with van der Waals surface area (Å²) in [4.78, 5) is 13.7. The van der Waals surface area contributed by atoms with Crippen LogP contribution in [0.3, 0.4) is 0 Å². The van der Waals surface area contributed by atoms with Gasteiger partial charge in [-0.15, -0.1) is 0 Å². The summed E-state index contributed by atoms with van der Waals surface area (Å²) in [5.74, 6) is 1.33. The molecule has 0 saturated heterocycles. The molecular formula is C16H23NO4. The van der Waals surface area contributed by atoms with Crippen molar-refractivity contribution in [2.75, 3.05) is 26.3 Å². The fourth-order valence-corrected chi connectivity index (χ4v) is 2.25. The van der Waals surface area contributed by atoms with Crippen molar-refractivity contribution in [1.29, 1.82) is 0 Å². The topological polar surface area (TPSA) is 48.0 Å². The van der Waals surface area contributed by atoms with Crippen molar-refractivity contribution in [1.82, 2.24) is 4.90 Å². The Morgan fingerprint density at radius 3 is 2.76 bits per heavy atom. The highest BCUT2D eigenvalue weighted by Gasteiger charge is 2.25. The lowest BCUT2D eigenvalue weighted by Gasteiger charge is -2.32. The summed E-state index contributed by atoms with van der Waals surface area (Å²) < 4.78 is 16.7. The van der Waals surface area contributed by atoms with Gasteiger partial charge in [-0.05, 0) is 32.9 Å². The van der Waals surface area contributed by atoms with Gasteiger partial charge in [-0.2, -0.15) is 0 Å². The molecule has 0 aliphatic carbocycles. The molecule has 0 radical (unpaired) electrons. The molecule has 1 aromatic rings. The molecule has 1 aliphatic heterocycles. The third-order valence-corrected chi connectivity index (χ3v) is 3.37. The Balaban J connectivity index is 1.94. The van der Waals surface area contributed by atoms with Crippen LogP contribution < -0.4 is 9.47 Å². The van der Waals surface area contributed by atoms with E-state index in [1.165, 1.54) is 0 Å². The number of hydrogen-bond donors (Lipinski definition) is 0. The predicted octanol–water partition coefficient (Wildman–Crippen LogP) is 2.10. The second-order valence-electron chi connectivity index (χ2n) is 5.33. The van der Waals surface area contributed by atoms with E-state index in [1.54, 1.807) is 0 Å². The Labute approximate surface area is 125 Å². The SMILES string of the molecule is CCOC(=O)CN(CC1COc2ccccc2O1)C(C)C. The number of rotatable bonds is 6. The van der Waals surface area contributed by atoms with E-state index >= 15 is 0 Å². The molecule has 1 unspecified atom stereocenters. The highest BCUT2D eigenvalue weighted by Crippen LogP contribution is 2.31. The summed E-state index contributed by atoms with van der Waals surface area (Å²) in [6, 6.07) is 7.86. The first-order valence-corrected chi connectivity index (χ1v) is 7.38. The summed E-state index contributed by atoms with van der Waals surface area (Å²) in [5.41, 5.74) is 0. The summed E-state index contributed by atoms with van der Waals surface area (Å²) in [6.07, 6.45) is -0.0864. The maximum Gasteiger partial charge on any atom is 0.320 e. The Morgan fingerprint density at radius 2 is 2.10 bits per heavy atom. The van der Waals surface area contributed by atoms with Crippen LogP contribution in [0.2, 0.25) is 0 Å². The van der Waals surface area contributed by atoms with Crippen LogP contribution in [0.1, 0.15) is 20.8 Å². The van der Waals surface area contributed by atoms with Gasteiger partial charge in [-0.25, -0.2) is 0 Å². The van der Waals surface area contributed by atoms with Crippen LogP contribution in [0, 0.1) is 0 Å². The number of nitrogens with zero attached hydrogens (tertiary/aromatic N) is 1. The monoisotopic (exact) mass is 293 g/mol. The first kappa shape index (κ1) is 15.6. The average Bonchev–Trinajstić information content (AvgIpc) is 2.46. The first-order valence-electron chi connectivity index (χ1n) is 7.38. The second-order valence-corrected chi connectivity index (χ2v) is 5.33. The van der Waals surface area contributed by atoms with Crippen molar-refractivity contribution in [3.63, 3.8) is 0 Å². The third kappa shape index (κ3) is 4.36. The molecule has 0 spiro atoms. The van der Waals surface area contributed by atoms with Gasteiger partial charge in [0, 0.05) is 12.6 Å². The molecule has 2 rings (SSSR count). The van der Waals surface area contributed by atoms with Crippen molar-refractivity contribution in [3.05, 3.63) is 24.3 Å². The van der Waals surface area contributed by atoms with Gasteiger partial charge < -0.3 is 14.2 Å². The van der Waals surface area contributed by atoms with Crippen LogP contribution in [-0.2, 0) is 9.53 Å². The Bertz CT molecular complexity index is 475. The van der Waals surface area contributed by atoms with Gasteiger partial charge in [-0.1, -0.05) is 12.1 Å². The van der Waals surface area contributed by atoms with Crippen molar-refractivity contribution in [2.24, 2.45) is 0 Å². The van der Waals surface area contributed by atoms with Gasteiger partial charge >= 0.3 is 5.97 Å². The molecule has 5 heteroatoms. The zero-order valence-electron chi connectivity index (χ0n) is 12.9.